The molecule has 0 spiro atoms. The summed E-state index contributed by atoms with van der Waals surface area (Å²) >= 11 is 1.47. The van der Waals surface area contributed by atoms with Crippen molar-refractivity contribution in [3.8, 4) is 0 Å². The SMILES string of the molecule is C=Nc1ccccc1NCSc1ccc(C=O)o1. The van der Waals surface area contributed by atoms with E-state index in [0.717, 1.165) is 11.4 Å². The Balaban J connectivity index is 1.91. The van der Waals surface area contributed by atoms with Gasteiger partial charge in [0.25, 0.3) is 0 Å². The first kappa shape index (κ1) is 12.4. The molecule has 0 atom stereocenters. The summed E-state index contributed by atoms with van der Waals surface area (Å²) in [6.07, 6.45) is 0.689. The molecule has 1 heterocycles. The third kappa shape index (κ3) is 3.01. The number of nitrogens with one attached hydrogen (secondary N) is 1. The number of aldehydes is 1. The summed E-state index contributed by atoms with van der Waals surface area (Å²) in [4.78, 5) is 14.4. The lowest BCUT2D eigenvalue weighted by molar-refractivity contribution is 0.109. The number of para-hydroxylation sites is 2. The predicted octanol–water partition coefficient (Wildman–Crippen LogP) is 3.59. The largest absolute Gasteiger partial charge is 0.447 e. The lowest BCUT2D eigenvalue weighted by Crippen LogP contribution is -1.96. The molecular formula is C13H12N2O2S. The van der Waals surface area contributed by atoms with E-state index >= 15 is 0 Å². The van der Waals surface area contributed by atoms with Crippen molar-refractivity contribution in [3.63, 3.8) is 0 Å². The second-order valence-electron chi connectivity index (χ2n) is 3.42. The van der Waals surface area contributed by atoms with Crippen LogP contribution in [0.15, 0.2) is 50.9 Å². The fraction of sp³-hybridized carbons (Fsp3) is 0.0769. The van der Waals surface area contributed by atoms with Crippen molar-refractivity contribution in [2.24, 2.45) is 4.99 Å². The molecular weight excluding hydrogens is 248 g/mol. The maximum Gasteiger partial charge on any atom is 0.185 e. The summed E-state index contributed by atoms with van der Waals surface area (Å²) in [5.74, 6) is 0.962. The number of carbonyl (C=O) groups is 1. The van der Waals surface area contributed by atoms with Crippen LogP contribution >= 0.6 is 11.8 Å². The van der Waals surface area contributed by atoms with Gasteiger partial charge in [-0.15, -0.1) is 0 Å². The molecule has 1 N–H and O–H groups in total. The van der Waals surface area contributed by atoms with Gasteiger partial charge in [0.05, 0.1) is 17.3 Å². The van der Waals surface area contributed by atoms with E-state index in [0.29, 0.717) is 23.0 Å². The molecule has 0 amide bonds. The highest BCUT2D eigenvalue weighted by Gasteiger charge is 2.02. The quantitative estimate of drug-likeness (QED) is 0.373. The number of hydrogen-bond acceptors (Lipinski definition) is 5. The minimum absolute atomic E-state index is 0.339. The fourth-order valence-corrected chi connectivity index (χ4v) is 2.11. The zero-order valence-electron chi connectivity index (χ0n) is 9.63. The molecule has 1 aromatic carbocycles. The van der Waals surface area contributed by atoms with Gasteiger partial charge in [0, 0.05) is 0 Å². The summed E-state index contributed by atoms with van der Waals surface area (Å²) in [7, 11) is 0. The fourth-order valence-electron chi connectivity index (χ4n) is 1.42. The van der Waals surface area contributed by atoms with E-state index in [9.17, 15) is 4.79 Å². The van der Waals surface area contributed by atoms with Crippen molar-refractivity contribution in [1.29, 1.82) is 0 Å². The van der Waals surface area contributed by atoms with Crippen LogP contribution in [0, 0.1) is 0 Å². The topological polar surface area (TPSA) is 54.6 Å². The standard InChI is InChI=1S/C13H12N2O2S/c1-14-11-4-2-3-5-12(11)15-9-18-13-7-6-10(8-16)17-13/h2-8,15H,1,9H2. The molecule has 0 fully saturated rings. The third-order valence-corrected chi connectivity index (χ3v) is 3.06. The van der Waals surface area contributed by atoms with Crippen molar-refractivity contribution in [2.45, 2.75) is 5.09 Å². The lowest BCUT2D eigenvalue weighted by atomic mass is 10.3. The summed E-state index contributed by atoms with van der Waals surface area (Å²) < 4.78 is 5.25. The van der Waals surface area contributed by atoms with Crippen LogP contribution in [0.1, 0.15) is 10.6 Å². The average Bonchev–Trinajstić information content (AvgIpc) is 2.87. The lowest BCUT2D eigenvalue weighted by Gasteiger charge is -2.07. The number of benzene rings is 1. The summed E-state index contributed by atoms with van der Waals surface area (Å²) in [5, 5.41) is 3.92. The molecule has 0 radical (unpaired) electrons. The number of rotatable bonds is 6. The molecule has 2 rings (SSSR count). The van der Waals surface area contributed by atoms with Crippen LogP contribution in [0.25, 0.3) is 0 Å². The van der Waals surface area contributed by atoms with Crippen LogP contribution in [-0.4, -0.2) is 18.9 Å². The molecule has 5 heteroatoms. The first-order valence-corrected chi connectivity index (χ1v) is 6.29. The summed E-state index contributed by atoms with van der Waals surface area (Å²) in [5.41, 5.74) is 1.73. The molecule has 2 aromatic rings. The highest BCUT2D eigenvalue weighted by Crippen LogP contribution is 2.26. The van der Waals surface area contributed by atoms with E-state index in [2.05, 4.69) is 17.0 Å². The summed E-state index contributed by atoms with van der Waals surface area (Å²) in [6.45, 7) is 3.52. The average molecular weight is 260 g/mol. The number of thioether (sulfide) groups is 1. The van der Waals surface area contributed by atoms with Crippen LogP contribution < -0.4 is 5.32 Å². The summed E-state index contributed by atoms with van der Waals surface area (Å²) in [6, 6.07) is 11.1. The van der Waals surface area contributed by atoms with Gasteiger partial charge in [-0.1, -0.05) is 23.9 Å². The maximum absolute atomic E-state index is 10.5. The van der Waals surface area contributed by atoms with Crippen molar-refractivity contribution < 1.29 is 9.21 Å². The van der Waals surface area contributed by atoms with Gasteiger partial charge in [-0.3, -0.25) is 9.79 Å². The molecule has 0 aliphatic rings. The molecule has 0 bridgehead atoms. The molecule has 18 heavy (non-hydrogen) atoms. The van der Waals surface area contributed by atoms with E-state index in [1.54, 1.807) is 12.1 Å². The molecule has 0 saturated carbocycles. The zero-order valence-corrected chi connectivity index (χ0v) is 10.4. The Bertz CT molecular complexity index is 551. The molecule has 1 aromatic heterocycles. The normalized spacial score (nSPS) is 10.0. The van der Waals surface area contributed by atoms with E-state index < -0.39 is 0 Å². The van der Waals surface area contributed by atoms with Gasteiger partial charge in [-0.25, -0.2) is 0 Å². The molecule has 0 aliphatic heterocycles. The van der Waals surface area contributed by atoms with Crippen molar-refractivity contribution in [2.75, 3.05) is 11.2 Å². The first-order valence-electron chi connectivity index (χ1n) is 5.31. The van der Waals surface area contributed by atoms with Gasteiger partial charge >= 0.3 is 0 Å². The van der Waals surface area contributed by atoms with Crippen LogP contribution in [0.4, 0.5) is 11.4 Å². The van der Waals surface area contributed by atoms with Crippen LogP contribution in [-0.2, 0) is 0 Å². The van der Waals surface area contributed by atoms with Crippen molar-refractivity contribution in [3.05, 3.63) is 42.2 Å². The number of carbonyl (C=O) groups excluding carboxylic acids is 1. The number of nitrogens with zero attached hydrogens (tertiary/aromatic N) is 1. The highest BCUT2D eigenvalue weighted by atomic mass is 32.2. The monoisotopic (exact) mass is 260 g/mol. The highest BCUT2D eigenvalue weighted by molar-refractivity contribution is 7.99. The molecule has 0 aliphatic carbocycles. The van der Waals surface area contributed by atoms with Gasteiger partial charge in [0.2, 0.25) is 0 Å². The smallest absolute Gasteiger partial charge is 0.185 e. The molecule has 4 nitrogen and oxygen atoms in total. The number of hydrogen-bond donors (Lipinski definition) is 1. The number of anilines is 1. The first-order chi connectivity index (χ1) is 8.83. The molecule has 0 unspecified atom stereocenters. The molecule has 0 saturated heterocycles. The van der Waals surface area contributed by atoms with Gasteiger partial charge in [0.15, 0.2) is 17.1 Å². The van der Waals surface area contributed by atoms with E-state index in [-0.39, 0.29) is 0 Å². The molecule has 92 valence electrons. The second kappa shape index (κ2) is 6.07. The van der Waals surface area contributed by atoms with Gasteiger partial charge in [-0.05, 0) is 31.0 Å². The number of furan rings is 1. The Morgan fingerprint density at radius 3 is 2.89 bits per heavy atom. The van der Waals surface area contributed by atoms with Crippen LogP contribution in [0.5, 0.6) is 0 Å². The van der Waals surface area contributed by atoms with E-state index in [1.165, 1.54) is 11.8 Å². The van der Waals surface area contributed by atoms with Crippen molar-refractivity contribution >= 4 is 36.1 Å². The Kier molecular flexibility index (Phi) is 4.20. The van der Waals surface area contributed by atoms with E-state index in [4.69, 9.17) is 4.42 Å². The van der Waals surface area contributed by atoms with Gasteiger partial charge in [-0.2, -0.15) is 0 Å². The number of aliphatic imine (C=N–C) groups is 1. The Labute approximate surface area is 109 Å². The van der Waals surface area contributed by atoms with Gasteiger partial charge < -0.3 is 9.73 Å². The third-order valence-electron chi connectivity index (χ3n) is 2.27. The Morgan fingerprint density at radius 1 is 1.33 bits per heavy atom. The minimum atomic E-state index is 0.339. The van der Waals surface area contributed by atoms with Gasteiger partial charge in [0.1, 0.15) is 0 Å². The predicted molar refractivity (Wildman–Crippen MR) is 74.1 cm³/mol. The maximum atomic E-state index is 10.5. The van der Waals surface area contributed by atoms with Crippen LogP contribution in [0.3, 0.4) is 0 Å². The zero-order chi connectivity index (χ0) is 12.8. The van der Waals surface area contributed by atoms with Crippen molar-refractivity contribution in [1.82, 2.24) is 0 Å². The van der Waals surface area contributed by atoms with Crippen LogP contribution in [0.2, 0.25) is 0 Å². The Morgan fingerprint density at radius 2 is 2.17 bits per heavy atom. The minimum Gasteiger partial charge on any atom is -0.447 e. The second-order valence-corrected chi connectivity index (χ2v) is 4.40. The van der Waals surface area contributed by atoms with E-state index in [1.807, 2.05) is 24.3 Å². The Hall–Kier alpha value is -2.01.